The van der Waals surface area contributed by atoms with Gasteiger partial charge in [0.25, 0.3) is 0 Å². The molecule has 0 aromatic rings. The Balaban J connectivity index is 3.96. The average molecular weight is 361 g/mol. The second-order valence-corrected chi connectivity index (χ2v) is 6.28. The molecule has 0 bridgehead atoms. The smallest absolute Gasteiger partial charge is 0.246 e. The van der Waals surface area contributed by atoms with E-state index in [0.29, 0.717) is 19.3 Å². The lowest BCUT2D eigenvalue weighted by atomic mass is 10.1. The molecule has 0 fully saturated rings. The van der Waals surface area contributed by atoms with E-state index in [1.165, 1.54) is 19.3 Å². The third-order valence-corrected chi connectivity index (χ3v) is 3.95. The Labute approximate surface area is 158 Å². The summed E-state index contributed by atoms with van der Waals surface area (Å²) < 4.78 is 0. The fraction of sp³-hybridized carbons (Fsp3) is 0.591. The summed E-state index contributed by atoms with van der Waals surface area (Å²) in [6.45, 7) is 2.19. The van der Waals surface area contributed by atoms with Gasteiger partial charge in [-0.1, -0.05) is 62.6 Å². The molecule has 0 aliphatic carbocycles. The van der Waals surface area contributed by atoms with E-state index in [0.717, 1.165) is 38.5 Å². The number of allylic oxidation sites excluding steroid dienone is 7. The van der Waals surface area contributed by atoms with Crippen LogP contribution in [0.15, 0.2) is 48.2 Å². The Hall–Kier alpha value is -1.97. The van der Waals surface area contributed by atoms with Crippen LogP contribution in [-0.4, -0.2) is 11.2 Å². The van der Waals surface area contributed by atoms with Gasteiger partial charge in [-0.25, -0.2) is 0 Å². The van der Waals surface area contributed by atoms with Crippen LogP contribution >= 0.6 is 0 Å². The second-order valence-electron chi connectivity index (χ2n) is 6.28. The van der Waals surface area contributed by atoms with Gasteiger partial charge in [-0.15, -0.1) is 0 Å². The quantitative estimate of drug-likeness (QED) is 0.127. The van der Waals surface area contributed by atoms with Crippen molar-refractivity contribution in [3.05, 3.63) is 58.3 Å². The summed E-state index contributed by atoms with van der Waals surface area (Å²) in [5.74, 6) is 0. The standard InChI is InChI=1S/C22H34NO3/c1-2-3-4-5-6-7-10-13-16-19-22(23(25)26)20-17-14-11-8-9-12-15-18-21-24/h6-7,11,13-14,16,20H,2-5,8-10,12,15,17-19H2,1H3/b7-6+,14-11+,16-13+,22-20-. The summed E-state index contributed by atoms with van der Waals surface area (Å²) >= 11 is 0. The van der Waals surface area contributed by atoms with Gasteiger partial charge < -0.3 is 0 Å². The van der Waals surface area contributed by atoms with E-state index >= 15 is 0 Å². The molecule has 0 saturated carbocycles. The summed E-state index contributed by atoms with van der Waals surface area (Å²) in [5, 5.41) is 11.1. The molecular weight excluding hydrogens is 326 g/mol. The van der Waals surface area contributed by atoms with Crippen molar-refractivity contribution in [2.75, 3.05) is 0 Å². The lowest BCUT2D eigenvalue weighted by molar-refractivity contribution is -0.427. The van der Waals surface area contributed by atoms with E-state index in [2.05, 4.69) is 25.2 Å². The zero-order valence-electron chi connectivity index (χ0n) is 16.2. The largest absolute Gasteiger partial charge is 0.291 e. The topological polar surface area (TPSA) is 60.2 Å². The normalized spacial score (nSPS) is 12.6. The minimum Gasteiger partial charge on any atom is -0.291 e. The van der Waals surface area contributed by atoms with Crippen molar-refractivity contribution < 1.29 is 9.72 Å². The molecule has 0 spiro atoms. The van der Waals surface area contributed by atoms with Gasteiger partial charge in [-0.05, 0) is 51.0 Å². The summed E-state index contributed by atoms with van der Waals surface area (Å²) in [6, 6.07) is 0. The van der Waals surface area contributed by atoms with Crippen LogP contribution in [0.5, 0.6) is 0 Å². The van der Waals surface area contributed by atoms with Crippen molar-refractivity contribution in [1.82, 2.24) is 0 Å². The fourth-order valence-electron chi connectivity index (χ4n) is 2.39. The van der Waals surface area contributed by atoms with Crippen LogP contribution in [0.2, 0.25) is 0 Å². The maximum atomic E-state index is 11.1. The highest BCUT2D eigenvalue weighted by Crippen LogP contribution is 2.08. The predicted molar refractivity (Wildman–Crippen MR) is 109 cm³/mol. The van der Waals surface area contributed by atoms with Crippen molar-refractivity contribution in [3.63, 3.8) is 0 Å². The highest BCUT2D eigenvalue weighted by atomic mass is 16.6. The van der Waals surface area contributed by atoms with Crippen LogP contribution in [0.4, 0.5) is 0 Å². The molecule has 0 unspecified atom stereocenters. The van der Waals surface area contributed by atoms with E-state index in [1.807, 2.05) is 24.5 Å². The van der Waals surface area contributed by atoms with Gasteiger partial charge in [0.05, 0.1) is 11.3 Å². The van der Waals surface area contributed by atoms with E-state index in [4.69, 9.17) is 0 Å². The highest BCUT2D eigenvalue weighted by molar-refractivity contribution is 5.50. The van der Waals surface area contributed by atoms with Crippen molar-refractivity contribution in [1.29, 1.82) is 0 Å². The molecule has 0 rings (SSSR count). The molecule has 0 aromatic carbocycles. The number of nitro groups is 1. The van der Waals surface area contributed by atoms with Crippen LogP contribution in [0.3, 0.4) is 0 Å². The van der Waals surface area contributed by atoms with Gasteiger partial charge in [-0.2, -0.15) is 0 Å². The number of hydrogen-bond acceptors (Lipinski definition) is 3. The molecule has 0 aliphatic heterocycles. The molecule has 4 heteroatoms. The predicted octanol–water partition coefficient (Wildman–Crippen LogP) is 6.63. The maximum absolute atomic E-state index is 11.1. The third kappa shape index (κ3) is 16.9. The number of nitrogens with zero attached hydrogens (tertiary/aromatic N) is 1. The fourth-order valence-corrected chi connectivity index (χ4v) is 2.39. The molecule has 145 valence electrons. The van der Waals surface area contributed by atoms with E-state index in [-0.39, 0.29) is 10.6 Å². The zero-order valence-corrected chi connectivity index (χ0v) is 16.2. The molecule has 0 aliphatic rings. The molecule has 0 heterocycles. The minimum atomic E-state index is -0.297. The number of carbonyl (C=O) groups excluding carboxylic acids is 1. The van der Waals surface area contributed by atoms with Gasteiger partial charge in [0.1, 0.15) is 0 Å². The van der Waals surface area contributed by atoms with Crippen LogP contribution in [0, 0.1) is 10.1 Å². The van der Waals surface area contributed by atoms with E-state index in [9.17, 15) is 14.9 Å². The van der Waals surface area contributed by atoms with Crippen molar-refractivity contribution >= 4 is 6.29 Å². The minimum absolute atomic E-state index is 0.249. The molecule has 0 amide bonds. The van der Waals surface area contributed by atoms with Crippen LogP contribution < -0.4 is 0 Å². The Kier molecular flexibility index (Phi) is 17.9. The van der Waals surface area contributed by atoms with Crippen LogP contribution in [0.1, 0.15) is 84.0 Å². The van der Waals surface area contributed by atoms with Crippen molar-refractivity contribution in [2.45, 2.75) is 84.0 Å². The Bertz CT molecular complexity index is 476. The second kappa shape index (κ2) is 19.4. The molecule has 0 atom stereocenters. The van der Waals surface area contributed by atoms with E-state index < -0.39 is 0 Å². The van der Waals surface area contributed by atoms with Crippen LogP contribution in [-0.2, 0) is 4.79 Å². The van der Waals surface area contributed by atoms with Gasteiger partial charge >= 0.3 is 0 Å². The average Bonchev–Trinajstić information content (AvgIpc) is 2.63. The van der Waals surface area contributed by atoms with Gasteiger partial charge in [0, 0.05) is 6.42 Å². The first-order valence-electron chi connectivity index (χ1n) is 9.85. The molecule has 4 nitrogen and oxygen atoms in total. The zero-order chi connectivity index (χ0) is 19.3. The Morgan fingerprint density at radius 3 is 2.19 bits per heavy atom. The Morgan fingerprint density at radius 1 is 0.885 bits per heavy atom. The lowest BCUT2D eigenvalue weighted by Gasteiger charge is -1.95. The number of unbranched alkanes of at least 4 members (excludes halogenated alkanes) is 7. The number of hydrogen-bond donors (Lipinski definition) is 0. The summed E-state index contributed by atoms with van der Waals surface area (Å²) in [7, 11) is 0. The van der Waals surface area contributed by atoms with Gasteiger partial charge in [-0.3, -0.25) is 14.9 Å². The maximum Gasteiger partial charge on any atom is 0.246 e. The van der Waals surface area contributed by atoms with Gasteiger partial charge in [0.15, 0.2) is 6.29 Å². The first kappa shape index (κ1) is 24.0. The third-order valence-electron chi connectivity index (χ3n) is 3.95. The highest BCUT2D eigenvalue weighted by Gasteiger charge is 2.06. The molecule has 26 heavy (non-hydrogen) atoms. The van der Waals surface area contributed by atoms with E-state index in [1.54, 1.807) is 6.08 Å². The molecule has 0 saturated heterocycles. The van der Waals surface area contributed by atoms with Gasteiger partial charge in [0.2, 0.25) is 5.70 Å². The first-order valence-corrected chi connectivity index (χ1v) is 9.85. The van der Waals surface area contributed by atoms with Crippen molar-refractivity contribution in [2.24, 2.45) is 0 Å². The SMILES string of the molecule is CCCCC/C=C/C/C=C/C/C(=C/C/C=C/CCCCC[C]=O)[N+](=O)[O-]. The van der Waals surface area contributed by atoms with Crippen molar-refractivity contribution in [3.8, 4) is 0 Å². The summed E-state index contributed by atoms with van der Waals surface area (Å²) in [6.07, 6.45) is 26.8. The monoisotopic (exact) mass is 360 g/mol. The molecule has 0 N–H and O–H groups in total. The van der Waals surface area contributed by atoms with Crippen LogP contribution in [0.25, 0.3) is 0 Å². The number of rotatable bonds is 17. The summed E-state index contributed by atoms with van der Waals surface area (Å²) in [4.78, 5) is 20.8. The molecule has 0 aromatic heterocycles. The lowest BCUT2D eigenvalue weighted by Crippen LogP contribution is -1.97. The first-order chi connectivity index (χ1) is 12.7. The molecule has 1 radical (unpaired) electrons. The summed E-state index contributed by atoms with van der Waals surface area (Å²) in [5.41, 5.74) is 0.249. The Morgan fingerprint density at radius 2 is 1.54 bits per heavy atom. The molecular formula is C22H34NO3.